The van der Waals surface area contributed by atoms with Crippen molar-refractivity contribution in [2.45, 2.75) is 11.2 Å². The van der Waals surface area contributed by atoms with Crippen molar-refractivity contribution < 1.29 is 19.1 Å². The Morgan fingerprint density at radius 3 is 2.56 bits per heavy atom. The lowest BCUT2D eigenvalue weighted by Gasteiger charge is -2.06. The van der Waals surface area contributed by atoms with E-state index in [-0.39, 0.29) is 22.2 Å². The van der Waals surface area contributed by atoms with E-state index < -0.39 is 16.6 Å². The summed E-state index contributed by atoms with van der Waals surface area (Å²) in [5.41, 5.74) is 0.261. The van der Waals surface area contributed by atoms with E-state index in [2.05, 4.69) is 31.9 Å². The van der Waals surface area contributed by atoms with Crippen LogP contribution in [0.25, 0.3) is 0 Å². The minimum atomic E-state index is -1.07. The number of hydrogen-bond acceptors (Lipinski definition) is 2. The van der Waals surface area contributed by atoms with Crippen LogP contribution in [0.3, 0.4) is 0 Å². The van der Waals surface area contributed by atoms with Crippen molar-refractivity contribution in [1.82, 2.24) is 0 Å². The van der Waals surface area contributed by atoms with Gasteiger partial charge < -0.3 is 5.11 Å². The van der Waals surface area contributed by atoms with Gasteiger partial charge in [-0.1, -0.05) is 15.9 Å². The van der Waals surface area contributed by atoms with Gasteiger partial charge in [0.25, 0.3) is 0 Å². The Balaban J connectivity index is 2.88. The molecule has 1 atom stereocenters. The first-order chi connectivity index (χ1) is 7.41. The summed E-state index contributed by atoms with van der Waals surface area (Å²) in [6.45, 7) is 0. The molecule has 0 aliphatic heterocycles. The van der Waals surface area contributed by atoms with E-state index in [1.165, 1.54) is 12.1 Å². The number of Topliss-reactive ketones (excluding diaryl/α,β-unsaturated/α-hetero) is 1. The summed E-state index contributed by atoms with van der Waals surface area (Å²) >= 11 is 5.94. The fraction of sp³-hybridized carbons (Fsp3) is 0.200. The van der Waals surface area contributed by atoms with Crippen LogP contribution in [0.15, 0.2) is 22.7 Å². The molecule has 0 saturated carbocycles. The summed E-state index contributed by atoms with van der Waals surface area (Å²) < 4.78 is 13.1. The van der Waals surface area contributed by atoms with Gasteiger partial charge in [0, 0.05) is 5.56 Å². The van der Waals surface area contributed by atoms with Gasteiger partial charge in [-0.15, -0.1) is 0 Å². The minimum absolute atomic E-state index is 0.174. The molecule has 0 aliphatic carbocycles. The monoisotopic (exact) mass is 352 g/mol. The Morgan fingerprint density at radius 2 is 2.06 bits per heavy atom. The molecule has 0 radical (unpaired) electrons. The number of halogens is 3. The van der Waals surface area contributed by atoms with Gasteiger partial charge in [0.2, 0.25) is 0 Å². The third-order valence-electron chi connectivity index (χ3n) is 1.84. The first kappa shape index (κ1) is 13.3. The lowest BCUT2D eigenvalue weighted by Crippen LogP contribution is -2.18. The molecule has 0 bridgehead atoms. The molecular weight excluding hydrogens is 347 g/mol. The van der Waals surface area contributed by atoms with Gasteiger partial charge in [-0.2, -0.15) is 0 Å². The maximum Gasteiger partial charge on any atom is 0.304 e. The van der Waals surface area contributed by atoms with Crippen LogP contribution in [0.4, 0.5) is 4.39 Å². The third-order valence-corrected chi connectivity index (χ3v) is 3.19. The van der Waals surface area contributed by atoms with Gasteiger partial charge in [-0.05, 0) is 34.1 Å². The maximum atomic E-state index is 12.9. The fourth-order valence-electron chi connectivity index (χ4n) is 1.08. The molecule has 0 spiro atoms. The predicted octanol–water partition coefficient (Wildman–Crippen LogP) is 3.01. The second-order valence-corrected chi connectivity index (χ2v) is 5.02. The molecule has 0 fully saturated rings. The Hall–Kier alpha value is -0.750. The highest BCUT2D eigenvalue weighted by atomic mass is 79.9. The number of aliphatic carboxylic acids is 1. The minimum Gasteiger partial charge on any atom is -0.481 e. The molecule has 3 nitrogen and oxygen atoms in total. The van der Waals surface area contributed by atoms with E-state index in [0.29, 0.717) is 0 Å². The fourth-order valence-corrected chi connectivity index (χ4v) is 2.00. The van der Waals surface area contributed by atoms with Crippen LogP contribution in [0, 0.1) is 5.82 Å². The normalized spacial score (nSPS) is 12.2. The zero-order valence-corrected chi connectivity index (χ0v) is 11.1. The maximum absolute atomic E-state index is 12.9. The van der Waals surface area contributed by atoms with E-state index >= 15 is 0 Å². The number of carbonyl (C=O) groups is 2. The molecule has 86 valence electrons. The topological polar surface area (TPSA) is 54.4 Å². The zero-order valence-electron chi connectivity index (χ0n) is 7.91. The quantitative estimate of drug-likeness (QED) is 0.668. The van der Waals surface area contributed by atoms with Crippen molar-refractivity contribution in [2.75, 3.05) is 0 Å². The second kappa shape index (κ2) is 5.54. The number of rotatable bonds is 4. The van der Waals surface area contributed by atoms with Crippen LogP contribution in [0.2, 0.25) is 0 Å². The van der Waals surface area contributed by atoms with E-state index in [9.17, 15) is 14.0 Å². The Bertz CT molecular complexity index is 434. The van der Waals surface area contributed by atoms with Gasteiger partial charge in [-0.3, -0.25) is 9.59 Å². The summed E-state index contributed by atoms with van der Waals surface area (Å²) in [5, 5.41) is 8.53. The Labute approximate surface area is 108 Å². The average molecular weight is 354 g/mol. The van der Waals surface area contributed by atoms with Crippen molar-refractivity contribution >= 4 is 43.6 Å². The largest absolute Gasteiger partial charge is 0.481 e. The molecule has 6 heteroatoms. The Morgan fingerprint density at radius 1 is 1.44 bits per heavy atom. The number of benzene rings is 1. The summed E-state index contributed by atoms with van der Waals surface area (Å²) in [5.74, 6) is -1.93. The average Bonchev–Trinajstić information content (AvgIpc) is 2.20. The second-order valence-electron chi connectivity index (χ2n) is 3.06. The van der Waals surface area contributed by atoms with E-state index in [0.717, 1.165) is 6.07 Å². The number of alkyl halides is 1. The first-order valence-corrected chi connectivity index (χ1v) is 5.98. The summed E-state index contributed by atoms with van der Waals surface area (Å²) in [7, 11) is 0. The van der Waals surface area contributed by atoms with Crippen LogP contribution < -0.4 is 0 Å². The number of carboxylic acid groups (broad SMARTS) is 1. The van der Waals surface area contributed by atoms with Crippen molar-refractivity contribution in [3.63, 3.8) is 0 Å². The highest BCUT2D eigenvalue weighted by Gasteiger charge is 2.20. The van der Waals surface area contributed by atoms with Crippen LogP contribution in [-0.2, 0) is 4.79 Å². The predicted molar refractivity (Wildman–Crippen MR) is 63.4 cm³/mol. The highest BCUT2D eigenvalue weighted by Crippen LogP contribution is 2.20. The van der Waals surface area contributed by atoms with Crippen molar-refractivity contribution in [2.24, 2.45) is 0 Å². The first-order valence-electron chi connectivity index (χ1n) is 4.27. The molecule has 1 aromatic rings. The molecule has 0 amide bonds. The van der Waals surface area contributed by atoms with Crippen LogP contribution in [-0.4, -0.2) is 21.7 Å². The zero-order chi connectivity index (χ0) is 12.3. The van der Waals surface area contributed by atoms with Gasteiger partial charge in [0.05, 0.1) is 15.7 Å². The van der Waals surface area contributed by atoms with Crippen molar-refractivity contribution in [3.8, 4) is 0 Å². The molecule has 0 aromatic heterocycles. The van der Waals surface area contributed by atoms with Crippen LogP contribution in [0.1, 0.15) is 16.8 Å². The lowest BCUT2D eigenvalue weighted by atomic mass is 10.1. The molecule has 1 rings (SSSR count). The number of carboxylic acids is 1. The number of carbonyl (C=O) groups excluding carboxylic acids is 1. The van der Waals surface area contributed by atoms with Crippen molar-refractivity contribution in [1.29, 1.82) is 0 Å². The molecule has 0 aliphatic rings. The smallest absolute Gasteiger partial charge is 0.304 e. The van der Waals surface area contributed by atoms with Crippen LogP contribution >= 0.6 is 31.9 Å². The van der Waals surface area contributed by atoms with Gasteiger partial charge in [-0.25, -0.2) is 4.39 Å². The summed E-state index contributed by atoms with van der Waals surface area (Å²) in [6, 6.07) is 3.80. The molecule has 0 saturated heterocycles. The third kappa shape index (κ3) is 3.38. The molecule has 1 unspecified atom stereocenters. The SMILES string of the molecule is O=C(O)CC(Br)C(=O)c1ccc(F)c(Br)c1. The summed E-state index contributed by atoms with van der Waals surface area (Å²) in [4.78, 5) is 21.3. The number of ketones is 1. The summed E-state index contributed by atoms with van der Waals surface area (Å²) in [6.07, 6.45) is -0.312. The Kier molecular flexibility index (Phi) is 4.61. The van der Waals surface area contributed by atoms with Gasteiger partial charge in [0.15, 0.2) is 5.78 Å². The van der Waals surface area contributed by atoms with Gasteiger partial charge >= 0.3 is 5.97 Å². The standard InChI is InChI=1S/C10H7Br2FO3/c11-6-3-5(1-2-8(6)13)10(16)7(12)4-9(14)15/h1-3,7H,4H2,(H,14,15). The molecule has 1 N–H and O–H groups in total. The van der Waals surface area contributed by atoms with E-state index in [1.807, 2.05) is 0 Å². The van der Waals surface area contributed by atoms with E-state index in [4.69, 9.17) is 5.11 Å². The van der Waals surface area contributed by atoms with Crippen LogP contribution in [0.5, 0.6) is 0 Å². The van der Waals surface area contributed by atoms with E-state index in [1.54, 1.807) is 0 Å². The molecular formula is C10H7Br2FO3. The lowest BCUT2D eigenvalue weighted by molar-refractivity contribution is -0.136. The number of hydrogen-bond donors (Lipinski definition) is 1. The van der Waals surface area contributed by atoms with Gasteiger partial charge in [0.1, 0.15) is 5.82 Å². The molecule has 0 heterocycles. The molecule has 16 heavy (non-hydrogen) atoms. The van der Waals surface area contributed by atoms with Crippen molar-refractivity contribution in [3.05, 3.63) is 34.1 Å². The molecule has 1 aromatic carbocycles. The highest BCUT2D eigenvalue weighted by molar-refractivity contribution is 9.10.